The van der Waals surface area contributed by atoms with Crippen LogP contribution in [0.2, 0.25) is 0 Å². The number of urea groups is 1. The molecule has 8 aromatic rings. The second-order valence-electron chi connectivity index (χ2n) is 30.2. The average Bonchev–Trinajstić information content (AvgIpc) is 0.861. The van der Waals surface area contributed by atoms with Gasteiger partial charge in [-0.3, -0.25) is 30.0 Å². The average molecular weight is 1720 g/mol. The number of carbonyl (C=O) groups excluding carboxylic acids is 5. The number of nitrogens with zero attached hydrogens (tertiary/aromatic N) is 4. The number of carboxylic acids is 1. The molecule has 2 heterocycles. The van der Waals surface area contributed by atoms with E-state index in [9.17, 15) is 85.1 Å². The zero-order chi connectivity index (χ0) is 87.7. The molecule has 0 radical (unpaired) electrons. The number of hydrogen-bond donors (Lipinski definition) is 7. The number of carbonyl (C=O) groups is 6. The second kappa shape index (κ2) is 39.6. The summed E-state index contributed by atoms with van der Waals surface area (Å²) >= 11 is 0. The zero-order valence-electron chi connectivity index (χ0n) is 66.5. The molecular formula is C83H91F9N10O16S2. The van der Waals surface area contributed by atoms with Crippen LogP contribution in [-0.2, 0) is 42.6 Å². The molecule has 2 aliphatic heterocycles. The molecule has 26 nitrogen and oxygen atoms in total. The molecular weight excluding hydrogens is 1630 g/mol. The first kappa shape index (κ1) is 92.4. The van der Waals surface area contributed by atoms with E-state index in [-0.39, 0.29) is 50.8 Å². The SMILES string of the molecule is CC(C)(C)OC(=O)Nc1ccc(OC(F)(F)F)c(-c2ccc(C(=O)Nc3ccc(CN4CCN(S(C)(=O)=O)CC4)cc3)cc2)c1.CC(C)(C)OC(=O)Nc1ccc(OC(F)(F)F)c(-c2ccc(C(=O)O)cc2)c1.CS(=O)(=O)N1CCN(Cc2ccc(NC(=O)c3ccc(-c4cc(NC(=O)NC5CCCCC5)ccc4OC(F)(F)F)cc3)cc2)CC1. The molecule has 0 spiro atoms. The van der Waals surface area contributed by atoms with Crippen molar-refractivity contribution in [1.82, 2.24) is 23.7 Å². The predicted molar refractivity (Wildman–Crippen MR) is 434 cm³/mol. The van der Waals surface area contributed by atoms with Crippen LogP contribution < -0.4 is 46.1 Å². The topological polar surface area (TPSA) is 322 Å². The highest BCUT2D eigenvalue weighted by atomic mass is 32.2. The van der Waals surface area contributed by atoms with Gasteiger partial charge in [0.15, 0.2) is 0 Å². The molecule has 37 heteroatoms. The van der Waals surface area contributed by atoms with Gasteiger partial charge >= 0.3 is 43.3 Å². The van der Waals surface area contributed by atoms with E-state index in [0.29, 0.717) is 99.2 Å². The van der Waals surface area contributed by atoms with Gasteiger partial charge in [-0.05, 0) is 197 Å². The summed E-state index contributed by atoms with van der Waals surface area (Å²) in [4.78, 5) is 77.8. The van der Waals surface area contributed by atoms with Crippen LogP contribution in [0.4, 0.5) is 82.3 Å². The van der Waals surface area contributed by atoms with Crippen LogP contribution in [0.25, 0.3) is 33.4 Å². The Hall–Kier alpha value is -11.5. The summed E-state index contributed by atoms with van der Waals surface area (Å²) in [6, 6.07) is 42.6. The number of amides is 6. The number of piperazine rings is 2. The maximum atomic E-state index is 13.2. The molecule has 0 aromatic heterocycles. The van der Waals surface area contributed by atoms with E-state index in [4.69, 9.17) is 14.6 Å². The summed E-state index contributed by atoms with van der Waals surface area (Å²) in [7, 11) is -6.39. The van der Waals surface area contributed by atoms with Crippen molar-refractivity contribution in [1.29, 1.82) is 0 Å². The maximum Gasteiger partial charge on any atom is 0.573 e. The van der Waals surface area contributed by atoms with Gasteiger partial charge in [0.1, 0.15) is 28.5 Å². The van der Waals surface area contributed by atoms with Crippen LogP contribution in [0.15, 0.2) is 176 Å². The number of benzene rings is 8. The molecule has 11 rings (SSSR count). The molecule has 120 heavy (non-hydrogen) atoms. The Morgan fingerprint density at radius 3 is 0.983 bits per heavy atom. The summed E-state index contributed by atoms with van der Waals surface area (Å²) in [5.41, 5.74) is 3.93. The Balaban J connectivity index is 0.000000212. The molecule has 8 aromatic carbocycles. The summed E-state index contributed by atoms with van der Waals surface area (Å²) in [5, 5.41) is 25.1. The van der Waals surface area contributed by atoms with Gasteiger partial charge in [-0.1, -0.05) is 79.9 Å². The lowest BCUT2D eigenvalue weighted by Gasteiger charge is -2.33. The molecule has 0 unspecified atom stereocenters. The third-order valence-electron chi connectivity index (χ3n) is 18.3. The molecule has 0 atom stereocenters. The van der Waals surface area contributed by atoms with Gasteiger partial charge in [0.05, 0.1) is 18.1 Å². The lowest BCUT2D eigenvalue weighted by atomic mass is 9.96. The number of anilines is 5. The number of halogens is 9. The number of sulfonamides is 2. The largest absolute Gasteiger partial charge is 0.573 e. The quantitative estimate of drug-likeness (QED) is 0.0329. The van der Waals surface area contributed by atoms with E-state index in [1.807, 2.05) is 24.3 Å². The molecule has 7 N–H and O–H groups in total. The molecule has 1 aliphatic carbocycles. The standard InChI is InChI=1S/C33H38F3N5O5S.C31H35F3N4O6S.C19H18F3NO5/c1-47(44,45)41-19-17-40(18-20-41)22-23-7-13-27(14-8-23)37-31(42)25-11-9-24(10-12-25)29-21-28(15-16-30(29)46-33(34,35)36)39-32(43)38-26-5-3-2-4-6-26;1-30(2,3)44-29(40)36-25-13-14-27(43-31(32,33)34)26(19-25)22-7-9-23(10-8-22)28(39)35-24-11-5-21(6-12-24)20-37-15-17-38(18-16-37)45(4,41)42;1-18(2,3)28-17(26)23-13-8-9-15(27-19(20,21)22)14(10-13)11-4-6-12(7-5-11)16(24)25/h7-16,21,26H,2-6,17-20,22H2,1H3,(H,37,42)(H2,38,39,43);5-14,19H,15-18,20H2,1-4H3,(H,35,39)(H,36,40);4-10H,1-3H3,(H,23,26)(H,24,25). The molecule has 3 fully saturated rings. The van der Waals surface area contributed by atoms with E-state index in [2.05, 4.69) is 55.9 Å². The molecule has 2 saturated heterocycles. The van der Waals surface area contributed by atoms with Gasteiger partial charge in [0.2, 0.25) is 20.0 Å². The van der Waals surface area contributed by atoms with Gasteiger partial charge in [-0.2, -0.15) is 8.61 Å². The number of rotatable bonds is 21. The number of aromatic carboxylic acids is 1. The monoisotopic (exact) mass is 1720 g/mol. The van der Waals surface area contributed by atoms with Crippen molar-refractivity contribution in [3.63, 3.8) is 0 Å². The molecule has 6 amide bonds. The minimum atomic E-state index is -4.95. The van der Waals surface area contributed by atoms with E-state index >= 15 is 0 Å². The first-order chi connectivity index (χ1) is 56.1. The number of carboxylic acid groups (broad SMARTS) is 1. The Labute approximate surface area is 687 Å². The Morgan fingerprint density at radius 2 is 0.692 bits per heavy atom. The number of ether oxygens (including phenoxy) is 5. The van der Waals surface area contributed by atoms with Crippen LogP contribution in [0.1, 0.15) is 116 Å². The highest BCUT2D eigenvalue weighted by Gasteiger charge is 2.36. The number of hydrogen-bond acceptors (Lipinski definition) is 17. The van der Waals surface area contributed by atoms with Crippen LogP contribution in [0.3, 0.4) is 0 Å². The third-order valence-corrected chi connectivity index (χ3v) is 20.9. The van der Waals surface area contributed by atoms with Crippen molar-refractivity contribution in [3.8, 4) is 50.6 Å². The fourth-order valence-corrected chi connectivity index (χ4v) is 14.4. The highest BCUT2D eigenvalue weighted by molar-refractivity contribution is 7.88. The van der Waals surface area contributed by atoms with Crippen LogP contribution >= 0.6 is 0 Å². The predicted octanol–water partition coefficient (Wildman–Crippen LogP) is 17.3. The third kappa shape index (κ3) is 30.1. The van der Waals surface area contributed by atoms with Crippen molar-refractivity contribution >= 4 is 84.5 Å². The van der Waals surface area contributed by atoms with Crippen molar-refractivity contribution in [2.45, 2.75) is 123 Å². The van der Waals surface area contributed by atoms with Crippen LogP contribution in [0, 0.1) is 0 Å². The van der Waals surface area contributed by atoms with Gasteiger partial charge in [-0.15, -0.1) is 39.5 Å². The van der Waals surface area contributed by atoms with E-state index in [1.165, 1.54) is 130 Å². The lowest BCUT2D eigenvalue weighted by Crippen LogP contribution is -2.47. The second-order valence-corrected chi connectivity index (χ2v) is 34.1. The molecule has 3 aliphatic rings. The van der Waals surface area contributed by atoms with Gasteiger partial charge < -0.3 is 50.1 Å². The summed E-state index contributed by atoms with van der Waals surface area (Å²) in [6.45, 7) is 15.6. The van der Waals surface area contributed by atoms with Crippen LogP contribution in [0.5, 0.6) is 17.2 Å². The Morgan fingerprint density at radius 1 is 0.392 bits per heavy atom. The Bertz CT molecular complexity index is 5130. The van der Waals surface area contributed by atoms with E-state index in [0.717, 1.165) is 61.4 Å². The number of alkyl halides is 9. The molecule has 1 saturated carbocycles. The minimum absolute atomic E-state index is 0.0165. The lowest BCUT2D eigenvalue weighted by molar-refractivity contribution is -0.275. The summed E-state index contributed by atoms with van der Waals surface area (Å²) in [6.07, 6.45) is -8.94. The van der Waals surface area contributed by atoms with Crippen molar-refractivity contribution < 1.29 is 114 Å². The summed E-state index contributed by atoms with van der Waals surface area (Å²) < 4.78 is 190. The normalized spacial score (nSPS) is 14.9. The van der Waals surface area contributed by atoms with E-state index in [1.54, 1.807) is 65.8 Å². The number of nitrogens with one attached hydrogen (secondary N) is 6. The zero-order valence-corrected chi connectivity index (χ0v) is 68.1. The molecule has 0 bridgehead atoms. The Kier molecular flexibility index (Phi) is 30.5. The fraction of sp³-hybridized carbons (Fsp3) is 0.349. The van der Waals surface area contributed by atoms with E-state index < -0.39 is 104 Å². The summed E-state index contributed by atoms with van der Waals surface area (Å²) in [5.74, 6) is -3.40. The van der Waals surface area contributed by atoms with Crippen molar-refractivity contribution in [3.05, 3.63) is 204 Å². The highest BCUT2D eigenvalue weighted by Crippen LogP contribution is 2.40. The van der Waals surface area contributed by atoms with Crippen molar-refractivity contribution in [2.24, 2.45) is 0 Å². The first-order valence-corrected chi connectivity index (χ1v) is 41.3. The maximum absolute atomic E-state index is 13.2. The van der Waals surface area contributed by atoms with Crippen molar-refractivity contribution in [2.75, 3.05) is 91.5 Å². The van der Waals surface area contributed by atoms with Crippen LogP contribution in [-0.4, -0.2) is 178 Å². The van der Waals surface area contributed by atoms with Gasteiger partial charge in [0.25, 0.3) is 11.8 Å². The minimum Gasteiger partial charge on any atom is -0.478 e. The molecule has 644 valence electrons. The smallest absolute Gasteiger partial charge is 0.478 e. The van der Waals surface area contributed by atoms with Gasteiger partial charge in [0, 0.05) is 128 Å². The van der Waals surface area contributed by atoms with Gasteiger partial charge in [-0.25, -0.2) is 36.0 Å². The fourth-order valence-electron chi connectivity index (χ4n) is 12.7. The first-order valence-electron chi connectivity index (χ1n) is 37.6.